The fraction of sp³-hybridized carbons (Fsp3) is 0.933. The van der Waals surface area contributed by atoms with Crippen molar-refractivity contribution >= 4 is 11.6 Å². The van der Waals surface area contributed by atoms with Crippen molar-refractivity contribution in [2.75, 3.05) is 0 Å². The lowest BCUT2D eigenvalue weighted by molar-refractivity contribution is -0.136. The number of hydrogen-bond donors (Lipinski definition) is 0. The molecule has 186 valence electrons. The van der Waals surface area contributed by atoms with Gasteiger partial charge in [-0.2, -0.15) is 0 Å². The highest BCUT2D eigenvalue weighted by Crippen LogP contribution is 2.57. The minimum absolute atomic E-state index is 0.0749. The van der Waals surface area contributed by atoms with Gasteiger partial charge in [0.05, 0.1) is 0 Å². The molecular weight excluding hydrogens is 392 g/mol. The van der Waals surface area contributed by atoms with Crippen molar-refractivity contribution in [2.24, 2.45) is 16.7 Å². The molecule has 0 heterocycles. The van der Waals surface area contributed by atoms with Crippen LogP contribution in [0.4, 0.5) is 0 Å². The van der Waals surface area contributed by atoms with Crippen molar-refractivity contribution in [3.8, 4) is 0 Å². The molecular formula is C30H54O2. The van der Waals surface area contributed by atoms with Gasteiger partial charge in [-0.25, -0.2) is 0 Å². The van der Waals surface area contributed by atoms with Crippen molar-refractivity contribution in [1.82, 2.24) is 0 Å². The minimum Gasteiger partial charge on any atom is -0.299 e. The molecule has 0 aliphatic heterocycles. The average Bonchev–Trinajstić information content (AvgIpc) is 3.01. The summed E-state index contributed by atoms with van der Waals surface area (Å²) in [5.74, 6) is 0.922. The summed E-state index contributed by atoms with van der Waals surface area (Å²) in [6, 6.07) is 0. The number of ketones is 2. The predicted molar refractivity (Wildman–Crippen MR) is 137 cm³/mol. The minimum atomic E-state index is -0.320. The van der Waals surface area contributed by atoms with E-state index in [4.69, 9.17) is 0 Å². The molecule has 0 aromatic carbocycles. The topological polar surface area (TPSA) is 34.1 Å². The predicted octanol–water partition coefficient (Wildman–Crippen LogP) is 9.38. The summed E-state index contributed by atoms with van der Waals surface area (Å²) in [7, 11) is 0. The SMILES string of the molecule is CC1(C)[C@@H]2CC[C@@]1(C)C(=O)CCCCCCCCCCCCCCCCCCCCC2=O. The normalized spacial score (nSPS) is 31.5. The maximum Gasteiger partial charge on any atom is 0.139 e. The molecule has 2 aliphatic carbocycles. The lowest BCUT2D eigenvalue weighted by Crippen LogP contribution is -2.42. The zero-order valence-corrected chi connectivity index (χ0v) is 22.0. The zero-order valence-electron chi connectivity index (χ0n) is 22.0. The molecule has 0 unspecified atom stereocenters. The number of hydrogen-bond acceptors (Lipinski definition) is 2. The van der Waals surface area contributed by atoms with Gasteiger partial charge in [0.2, 0.25) is 0 Å². The first kappa shape index (κ1) is 27.6. The summed E-state index contributed by atoms with van der Waals surface area (Å²) in [6.45, 7) is 6.56. The number of rotatable bonds is 0. The first-order valence-corrected chi connectivity index (χ1v) is 14.5. The van der Waals surface area contributed by atoms with Crippen LogP contribution in [0.25, 0.3) is 0 Å². The van der Waals surface area contributed by atoms with Crippen LogP contribution in [0.15, 0.2) is 0 Å². The van der Waals surface area contributed by atoms with Gasteiger partial charge in [-0.05, 0) is 31.1 Å². The highest BCUT2D eigenvalue weighted by Gasteiger charge is 2.56. The van der Waals surface area contributed by atoms with E-state index in [0.29, 0.717) is 18.0 Å². The molecule has 0 aromatic rings. The molecule has 0 aromatic heterocycles. The van der Waals surface area contributed by atoms with Crippen LogP contribution in [0.5, 0.6) is 0 Å². The van der Waals surface area contributed by atoms with E-state index in [1.54, 1.807) is 0 Å². The highest BCUT2D eigenvalue weighted by atomic mass is 16.1. The van der Waals surface area contributed by atoms with Crippen LogP contribution >= 0.6 is 0 Å². The lowest BCUT2D eigenvalue weighted by Gasteiger charge is -2.40. The van der Waals surface area contributed by atoms with Gasteiger partial charge < -0.3 is 0 Å². The average molecular weight is 447 g/mol. The Morgan fingerprint density at radius 3 is 1.28 bits per heavy atom. The second-order valence-corrected chi connectivity index (χ2v) is 11.9. The maximum atomic E-state index is 13.2. The summed E-state index contributed by atoms with van der Waals surface area (Å²) < 4.78 is 0. The summed E-state index contributed by atoms with van der Waals surface area (Å²) in [5, 5.41) is 0. The number of Topliss-reactive ketones (excluding diaryl/α,β-unsaturated/α-hetero) is 2. The third-order valence-corrected chi connectivity index (χ3v) is 9.31. The molecule has 32 heavy (non-hydrogen) atoms. The summed E-state index contributed by atoms with van der Waals surface area (Å²) in [4.78, 5) is 26.3. The van der Waals surface area contributed by atoms with Gasteiger partial charge in [-0.1, -0.05) is 124 Å². The van der Waals surface area contributed by atoms with E-state index in [2.05, 4.69) is 20.8 Å². The fourth-order valence-electron chi connectivity index (χ4n) is 6.43. The van der Waals surface area contributed by atoms with Crippen LogP contribution in [0.3, 0.4) is 0 Å². The Hall–Kier alpha value is -0.660. The van der Waals surface area contributed by atoms with E-state index in [0.717, 1.165) is 32.1 Å². The van der Waals surface area contributed by atoms with Gasteiger partial charge in [-0.15, -0.1) is 0 Å². The van der Waals surface area contributed by atoms with Crippen LogP contribution in [0.2, 0.25) is 0 Å². The summed E-state index contributed by atoms with van der Waals surface area (Å²) >= 11 is 0. The summed E-state index contributed by atoms with van der Waals surface area (Å²) in [5.41, 5.74) is -0.521. The quantitative estimate of drug-likeness (QED) is 0.371. The van der Waals surface area contributed by atoms with Crippen LogP contribution < -0.4 is 0 Å². The van der Waals surface area contributed by atoms with E-state index in [1.165, 1.54) is 103 Å². The molecule has 2 rings (SSSR count). The van der Waals surface area contributed by atoms with Gasteiger partial charge in [0.15, 0.2) is 0 Å². The third-order valence-electron chi connectivity index (χ3n) is 9.31. The van der Waals surface area contributed by atoms with Crippen molar-refractivity contribution in [1.29, 1.82) is 0 Å². The van der Waals surface area contributed by atoms with Crippen molar-refractivity contribution in [3.05, 3.63) is 0 Å². The standard InChI is InChI=1S/C30H54O2/c1-29(2)26-24-25-30(29,3)28(32)23-21-19-17-15-13-11-9-7-5-4-6-8-10-12-14-16-18-20-22-27(26)31/h26H,4-25H2,1-3H3/t26-,30+/m1/s1. The Morgan fingerprint density at radius 2 is 0.875 bits per heavy atom. The van der Waals surface area contributed by atoms with E-state index in [1.807, 2.05) is 0 Å². The smallest absolute Gasteiger partial charge is 0.139 e. The van der Waals surface area contributed by atoms with Gasteiger partial charge >= 0.3 is 0 Å². The van der Waals surface area contributed by atoms with E-state index < -0.39 is 0 Å². The second kappa shape index (κ2) is 14.6. The van der Waals surface area contributed by atoms with Crippen LogP contribution in [-0.2, 0) is 9.59 Å². The van der Waals surface area contributed by atoms with E-state index in [-0.39, 0.29) is 16.7 Å². The second-order valence-electron chi connectivity index (χ2n) is 11.9. The van der Waals surface area contributed by atoms with E-state index in [9.17, 15) is 9.59 Å². The Balaban J connectivity index is 1.85. The molecule has 2 heteroatoms. The summed E-state index contributed by atoms with van der Waals surface area (Å²) in [6.07, 6.45) is 26.9. The van der Waals surface area contributed by atoms with Crippen molar-refractivity contribution in [3.63, 3.8) is 0 Å². The monoisotopic (exact) mass is 446 g/mol. The van der Waals surface area contributed by atoms with Crippen LogP contribution in [0, 0.1) is 16.7 Å². The number of fused-ring (bicyclic) bond motifs is 2. The molecule has 0 amide bonds. The molecule has 0 saturated heterocycles. The largest absolute Gasteiger partial charge is 0.299 e. The van der Waals surface area contributed by atoms with Gasteiger partial charge in [-0.3, -0.25) is 9.59 Å². The van der Waals surface area contributed by atoms with Gasteiger partial charge in [0.25, 0.3) is 0 Å². The molecule has 2 saturated carbocycles. The molecule has 2 aliphatic rings. The number of carbonyl (C=O) groups excluding carboxylic acids is 2. The molecule has 2 atom stereocenters. The first-order chi connectivity index (χ1) is 15.4. The molecule has 0 N–H and O–H groups in total. The molecule has 2 fully saturated rings. The zero-order chi connectivity index (χ0) is 23.3. The number of carbonyl (C=O) groups is 2. The van der Waals surface area contributed by atoms with Crippen molar-refractivity contribution < 1.29 is 9.59 Å². The molecule has 2 bridgehead atoms. The third kappa shape index (κ3) is 8.28. The van der Waals surface area contributed by atoms with Crippen LogP contribution in [-0.4, -0.2) is 11.6 Å². The Bertz CT molecular complexity index is 549. The highest BCUT2D eigenvalue weighted by molar-refractivity contribution is 5.89. The maximum absolute atomic E-state index is 13.2. The molecule has 0 radical (unpaired) electrons. The Labute approximate surface area is 200 Å². The Morgan fingerprint density at radius 1 is 0.531 bits per heavy atom. The lowest BCUT2D eigenvalue weighted by atomic mass is 9.62. The fourth-order valence-corrected chi connectivity index (χ4v) is 6.43. The van der Waals surface area contributed by atoms with Crippen molar-refractivity contribution in [2.45, 2.75) is 162 Å². The first-order valence-electron chi connectivity index (χ1n) is 14.5. The molecule has 0 spiro atoms. The molecule has 2 nitrogen and oxygen atoms in total. The van der Waals surface area contributed by atoms with E-state index >= 15 is 0 Å². The van der Waals surface area contributed by atoms with Gasteiger partial charge in [0.1, 0.15) is 11.6 Å². The Kier molecular flexibility index (Phi) is 12.6. The van der Waals surface area contributed by atoms with Crippen LogP contribution in [0.1, 0.15) is 162 Å². The van der Waals surface area contributed by atoms with Gasteiger partial charge in [0, 0.05) is 24.2 Å².